The number of amides is 2. The van der Waals surface area contributed by atoms with E-state index in [9.17, 15) is 9.18 Å². The average Bonchev–Trinajstić information content (AvgIpc) is 2.16. The first-order valence-electron chi connectivity index (χ1n) is 3.70. The Morgan fingerprint density at radius 1 is 1.62 bits per heavy atom. The standard InChI is InChI=1S/C7H9FN4O/c8-2-4-10-7(13)12-6-1-3-9-5-11-6/h1,3,5H,2,4H2,(H2,9,10,11,12,13). The van der Waals surface area contributed by atoms with Gasteiger partial charge in [0.15, 0.2) is 0 Å². The predicted octanol–water partition coefficient (Wildman–Crippen LogP) is 0.568. The molecule has 0 atom stereocenters. The van der Waals surface area contributed by atoms with Gasteiger partial charge in [-0.15, -0.1) is 0 Å². The zero-order valence-electron chi connectivity index (χ0n) is 6.83. The number of halogens is 1. The first kappa shape index (κ1) is 9.37. The summed E-state index contributed by atoms with van der Waals surface area (Å²) in [6, 6.07) is 1.06. The molecule has 0 radical (unpaired) electrons. The molecule has 2 amide bonds. The van der Waals surface area contributed by atoms with E-state index in [-0.39, 0.29) is 6.54 Å². The predicted molar refractivity (Wildman–Crippen MR) is 45.0 cm³/mol. The Balaban J connectivity index is 2.37. The third-order valence-corrected chi connectivity index (χ3v) is 1.20. The molecule has 1 aromatic heterocycles. The Morgan fingerprint density at radius 3 is 3.08 bits per heavy atom. The molecular formula is C7H9FN4O. The summed E-state index contributed by atoms with van der Waals surface area (Å²) in [6.07, 6.45) is 2.81. The van der Waals surface area contributed by atoms with Crippen LogP contribution < -0.4 is 10.6 Å². The second-order valence-corrected chi connectivity index (χ2v) is 2.16. The van der Waals surface area contributed by atoms with E-state index in [1.54, 1.807) is 0 Å². The van der Waals surface area contributed by atoms with Gasteiger partial charge in [0.05, 0.1) is 0 Å². The summed E-state index contributed by atoms with van der Waals surface area (Å²) in [5.74, 6) is 0.381. The summed E-state index contributed by atoms with van der Waals surface area (Å²) in [6.45, 7) is -0.589. The van der Waals surface area contributed by atoms with E-state index < -0.39 is 12.7 Å². The van der Waals surface area contributed by atoms with Crippen molar-refractivity contribution in [1.29, 1.82) is 0 Å². The third-order valence-electron chi connectivity index (χ3n) is 1.20. The van der Waals surface area contributed by atoms with Gasteiger partial charge in [0.2, 0.25) is 0 Å². The smallest absolute Gasteiger partial charge is 0.320 e. The van der Waals surface area contributed by atoms with E-state index in [4.69, 9.17) is 0 Å². The van der Waals surface area contributed by atoms with Crippen LogP contribution in [0.1, 0.15) is 0 Å². The highest BCUT2D eigenvalue weighted by Crippen LogP contribution is 1.96. The van der Waals surface area contributed by atoms with Crippen LogP contribution in [-0.4, -0.2) is 29.2 Å². The van der Waals surface area contributed by atoms with Gasteiger partial charge in [-0.25, -0.2) is 19.2 Å². The molecule has 13 heavy (non-hydrogen) atoms. The summed E-state index contributed by atoms with van der Waals surface area (Å²) in [5, 5.41) is 4.70. The number of carbonyl (C=O) groups is 1. The van der Waals surface area contributed by atoms with Crippen LogP contribution in [0.25, 0.3) is 0 Å². The van der Waals surface area contributed by atoms with Gasteiger partial charge in [0, 0.05) is 12.7 Å². The first-order chi connectivity index (χ1) is 6.33. The largest absolute Gasteiger partial charge is 0.335 e. The highest BCUT2D eigenvalue weighted by molar-refractivity contribution is 5.87. The van der Waals surface area contributed by atoms with E-state index >= 15 is 0 Å². The summed E-state index contributed by atoms with van der Waals surface area (Å²) in [4.78, 5) is 18.3. The van der Waals surface area contributed by atoms with Crippen LogP contribution in [0.5, 0.6) is 0 Å². The Morgan fingerprint density at radius 2 is 2.46 bits per heavy atom. The zero-order valence-corrected chi connectivity index (χ0v) is 6.83. The SMILES string of the molecule is O=C(NCCF)Nc1ccncn1. The van der Waals surface area contributed by atoms with Crippen molar-refractivity contribution >= 4 is 11.8 Å². The van der Waals surface area contributed by atoms with E-state index in [0.29, 0.717) is 5.82 Å². The molecule has 2 N–H and O–H groups in total. The van der Waals surface area contributed by atoms with Crippen molar-refractivity contribution in [1.82, 2.24) is 15.3 Å². The maximum absolute atomic E-state index is 11.6. The van der Waals surface area contributed by atoms with Crippen molar-refractivity contribution in [2.75, 3.05) is 18.5 Å². The molecule has 0 unspecified atom stereocenters. The Bertz CT molecular complexity index is 266. The Hall–Kier alpha value is -1.72. The molecule has 0 saturated heterocycles. The van der Waals surface area contributed by atoms with Crippen molar-refractivity contribution in [3.8, 4) is 0 Å². The average molecular weight is 184 g/mol. The molecule has 0 aliphatic heterocycles. The van der Waals surface area contributed by atoms with Crippen LogP contribution in [0.4, 0.5) is 15.0 Å². The van der Waals surface area contributed by atoms with Gasteiger partial charge >= 0.3 is 6.03 Å². The van der Waals surface area contributed by atoms with Crippen molar-refractivity contribution in [2.24, 2.45) is 0 Å². The number of aromatic nitrogens is 2. The zero-order chi connectivity index (χ0) is 9.52. The number of alkyl halides is 1. The lowest BCUT2D eigenvalue weighted by Gasteiger charge is -2.03. The van der Waals surface area contributed by atoms with Gasteiger partial charge in [0.25, 0.3) is 0 Å². The van der Waals surface area contributed by atoms with Crippen molar-refractivity contribution in [3.63, 3.8) is 0 Å². The fourth-order valence-electron chi connectivity index (χ4n) is 0.686. The molecule has 1 heterocycles. The normalized spacial score (nSPS) is 9.31. The lowest BCUT2D eigenvalue weighted by molar-refractivity contribution is 0.251. The number of anilines is 1. The van der Waals surface area contributed by atoms with Gasteiger partial charge < -0.3 is 5.32 Å². The van der Waals surface area contributed by atoms with Gasteiger partial charge in [-0.3, -0.25) is 5.32 Å². The molecular weight excluding hydrogens is 175 g/mol. The summed E-state index contributed by atoms with van der Waals surface area (Å²) in [5.41, 5.74) is 0. The molecule has 1 aromatic rings. The second kappa shape index (κ2) is 5.02. The third kappa shape index (κ3) is 3.46. The summed E-state index contributed by atoms with van der Waals surface area (Å²) < 4.78 is 11.6. The topological polar surface area (TPSA) is 66.9 Å². The maximum Gasteiger partial charge on any atom is 0.320 e. The highest BCUT2D eigenvalue weighted by atomic mass is 19.1. The molecule has 1 rings (SSSR count). The molecule has 0 spiro atoms. The fraction of sp³-hybridized carbons (Fsp3) is 0.286. The number of hydrogen-bond acceptors (Lipinski definition) is 3. The second-order valence-electron chi connectivity index (χ2n) is 2.16. The first-order valence-corrected chi connectivity index (χ1v) is 3.70. The van der Waals surface area contributed by atoms with Crippen LogP contribution in [0.15, 0.2) is 18.6 Å². The minimum Gasteiger partial charge on any atom is -0.335 e. The molecule has 0 bridgehead atoms. The quantitative estimate of drug-likeness (QED) is 0.721. The number of carbonyl (C=O) groups excluding carboxylic acids is 1. The van der Waals surface area contributed by atoms with Crippen LogP contribution in [0.3, 0.4) is 0 Å². The van der Waals surface area contributed by atoms with E-state index in [1.807, 2.05) is 0 Å². The van der Waals surface area contributed by atoms with Crippen LogP contribution in [-0.2, 0) is 0 Å². The lowest BCUT2D eigenvalue weighted by atomic mass is 10.6. The molecule has 0 aliphatic rings. The van der Waals surface area contributed by atoms with Crippen molar-refractivity contribution in [3.05, 3.63) is 18.6 Å². The molecule has 5 nitrogen and oxygen atoms in total. The van der Waals surface area contributed by atoms with Crippen molar-refractivity contribution in [2.45, 2.75) is 0 Å². The molecule has 0 aliphatic carbocycles. The maximum atomic E-state index is 11.6. The van der Waals surface area contributed by atoms with E-state index in [0.717, 1.165) is 0 Å². The van der Waals surface area contributed by atoms with Crippen LogP contribution in [0, 0.1) is 0 Å². The Kier molecular flexibility index (Phi) is 3.62. The minimum atomic E-state index is -0.586. The highest BCUT2D eigenvalue weighted by Gasteiger charge is 1.99. The molecule has 70 valence electrons. The number of rotatable bonds is 3. The van der Waals surface area contributed by atoms with Gasteiger partial charge in [0.1, 0.15) is 18.8 Å². The number of nitrogens with zero attached hydrogens (tertiary/aromatic N) is 2. The fourth-order valence-corrected chi connectivity index (χ4v) is 0.686. The minimum absolute atomic E-state index is 0.00306. The van der Waals surface area contributed by atoms with Gasteiger partial charge in [-0.1, -0.05) is 0 Å². The van der Waals surface area contributed by atoms with E-state index in [2.05, 4.69) is 20.6 Å². The van der Waals surface area contributed by atoms with Crippen LogP contribution in [0.2, 0.25) is 0 Å². The molecule has 0 fully saturated rings. The monoisotopic (exact) mass is 184 g/mol. The Labute approximate surface area is 74.4 Å². The lowest BCUT2D eigenvalue weighted by Crippen LogP contribution is -2.30. The van der Waals surface area contributed by atoms with E-state index in [1.165, 1.54) is 18.6 Å². The molecule has 0 saturated carbocycles. The summed E-state index contributed by atoms with van der Waals surface area (Å²) >= 11 is 0. The number of hydrogen-bond donors (Lipinski definition) is 2. The number of nitrogens with one attached hydrogen (secondary N) is 2. The molecule has 6 heteroatoms. The summed E-state index contributed by atoms with van der Waals surface area (Å²) in [7, 11) is 0. The van der Waals surface area contributed by atoms with Gasteiger partial charge in [-0.2, -0.15) is 0 Å². The van der Waals surface area contributed by atoms with Crippen LogP contribution >= 0.6 is 0 Å². The molecule has 0 aromatic carbocycles. The van der Waals surface area contributed by atoms with Crippen molar-refractivity contribution < 1.29 is 9.18 Å². The van der Waals surface area contributed by atoms with Gasteiger partial charge in [-0.05, 0) is 6.07 Å². The number of urea groups is 1.